The van der Waals surface area contributed by atoms with Gasteiger partial charge in [0.05, 0.1) is 11.2 Å². The first-order valence-electron chi connectivity index (χ1n) is 7.32. The van der Waals surface area contributed by atoms with Gasteiger partial charge in [-0.1, -0.05) is 35.9 Å². The van der Waals surface area contributed by atoms with Gasteiger partial charge in [0.25, 0.3) is 5.91 Å². The first-order valence-corrected chi connectivity index (χ1v) is 8.07. The summed E-state index contributed by atoms with van der Waals surface area (Å²) in [6.45, 7) is 3.81. The van der Waals surface area contributed by atoms with Gasteiger partial charge >= 0.3 is 0 Å². The number of halogens is 2. The number of carbonyl (C=O) groups is 1. The van der Waals surface area contributed by atoms with E-state index in [1.54, 1.807) is 30.3 Å². The number of hydrogen-bond donors (Lipinski definition) is 1. The number of hydrogen-bond acceptors (Lipinski definition) is 4. The molecule has 0 bridgehead atoms. The summed E-state index contributed by atoms with van der Waals surface area (Å²) in [7, 11) is 0. The van der Waals surface area contributed by atoms with Crippen LogP contribution in [0.25, 0.3) is 0 Å². The third kappa shape index (κ3) is 6.49. The lowest BCUT2D eigenvalue weighted by atomic mass is 10.2. The van der Waals surface area contributed by atoms with Crippen molar-refractivity contribution >= 4 is 35.3 Å². The summed E-state index contributed by atoms with van der Waals surface area (Å²) < 4.78 is 10.7. The Morgan fingerprint density at radius 3 is 2.60 bits per heavy atom. The van der Waals surface area contributed by atoms with E-state index in [2.05, 4.69) is 17.1 Å². The average Bonchev–Trinajstić information content (AvgIpc) is 2.60. The molecule has 7 heteroatoms. The van der Waals surface area contributed by atoms with Crippen molar-refractivity contribution in [3.8, 4) is 11.5 Å². The molecular weight excluding hydrogens is 363 g/mol. The van der Waals surface area contributed by atoms with Gasteiger partial charge in [-0.3, -0.25) is 4.79 Å². The Labute approximate surface area is 155 Å². The zero-order chi connectivity index (χ0) is 18.1. The fourth-order valence-corrected chi connectivity index (χ4v) is 2.21. The summed E-state index contributed by atoms with van der Waals surface area (Å²) in [5.74, 6) is 0.697. The SMILES string of the molecule is C=CCOc1ccc(/C=N/NC(=O)COc2ccc(Cl)cc2Cl)cc1. The molecule has 1 N–H and O–H groups in total. The zero-order valence-corrected chi connectivity index (χ0v) is 14.8. The summed E-state index contributed by atoms with van der Waals surface area (Å²) in [6.07, 6.45) is 3.19. The maximum atomic E-state index is 11.7. The molecule has 130 valence electrons. The number of carbonyl (C=O) groups excluding carboxylic acids is 1. The smallest absolute Gasteiger partial charge is 0.277 e. The number of hydrazone groups is 1. The second kappa shape index (κ2) is 9.71. The zero-order valence-electron chi connectivity index (χ0n) is 13.2. The van der Waals surface area contributed by atoms with Crippen LogP contribution < -0.4 is 14.9 Å². The van der Waals surface area contributed by atoms with Crippen molar-refractivity contribution in [2.45, 2.75) is 0 Å². The van der Waals surface area contributed by atoms with Crippen molar-refractivity contribution in [3.63, 3.8) is 0 Å². The molecule has 2 rings (SSSR count). The number of nitrogens with one attached hydrogen (secondary N) is 1. The third-order valence-corrected chi connectivity index (χ3v) is 3.43. The molecule has 2 aromatic rings. The molecule has 0 spiro atoms. The van der Waals surface area contributed by atoms with Crippen LogP contribution in [0.15, 0.2) is 60.2 Å². The van der Waals surface area contributed by atoms with E-state index in [4.69, 9.17) is 32.7 Å². The highest BCUT2D eigenvalue weighted by molar-refractivity contribution is 6.35. The minimum Gasteiger partial charge on any atom is -0.490 e. The molecule has 0 aliphatic carbocycles. The summed E-state index contributed by atoms with van der Waals surface area (Å²) in [5.41, 5.74) is 3.19. The van der Waals surface area contributed by atoms with Gasteiger partial charge in [0, 0.05) is 5.02 Å². The van der Waals surface area contributed by atoms with Gasteiger partial charge in [-0.05, 0) is 48.0 Å². The molecule has 0 fully saturated rings. The Morgan fingerprint density at radius 1 is 1.16 bits per heavy atom. The maximum Gasteiger partial charge on any atom is 0.277 e. The Kier molecular flexibility index (Phi) is 7.32. The first kappa shape index (κ1) is 18.8. The van der Waals surface area contributed by atoms with E-state index < -0.39 is 5.91 Å². The second-order valence-electron chi connectivity index (χ2n) is 4.83. The van der Waals surface area contributed by atoms with Crippen LogP contribution in [0.4, 0.5) is 0 Å². The van der Waals surface area contributed by atoms with Crippen LogP contribution in [0.5, 0.6) is 11.5 Å². The molecule has 0 atom stereocenters. The number of ether oxygens (including phenoxy) is 2. The fraction of sp³-hybridized carbons (Fsp3) is 0.111. The molecular formula is C18H16Cl2N2O3. The molecule has 0 saturated heterocycles. The van der Waals surface area contributed by atoms with E-state index in [9.17, 15) is 4.79 Å². The molecule has 0 aliphatic rings. The van der Waals surface area contributed by atoms with Crippen LogP contribution >= 0.6 is 23.2 Å². The Hall–Kier alpha value is -2.50. The van der Waals surface area contributed by atoms with Gasteiger partial charge in [0.15, 0.2) is 6.61 Å². The van der Waals surface area contributed by atoms with E-state index >= 15 is 0 Å². The normalized spacial score (nSPS) is 10.5. The van der Waals surface area contributed by atoms with E-state index in [1.165, 1.54) is 12.3 Å². The van der Waals surface area contributed by atoms with Crippen LogP contribution in [-0.4, -0.2) is 25.3 Å². The fourth-order valence-electron chi connectivity index (χ4n) is 1.75. The predicted octanol–water partition coefficient (Wildman–Crippen LogP) is 4.09. The van der Waals surface area contributed by atoms with Gasteiger partial charge in [-0.2, -0.15) is 5.10 Å². The average molecular weight is 379 g/mol. The molecule has 0 unspecified atom stereocenters. The standard InChI is InChI=1S/C18H16Cl2N2O3/c1-2-9-24-15-6-3-13(4-7-15)11-21-22-18(23)12-25-17-8-5-14(19)10-16(17)20/h2-8,10-11H,1,9,12H2,(H,22,23)/b21-11+. The van der Waals surface area contributed by atoms with Crippen LogP contribution in [0.1, 0.15) is 5.56 Å². The van der Waals surface area contributed by atoms with Gasteiger partial charge in [-0.15, -0.1) is 0 Å². The maximum absolute atomic E-state index is 11.7. The Morgan fingerprint density at radius 2 is 1.92 bits per heavy atom. The number of benzene rings is 2. The van der Waals surface area contributed by atoms with Crippen LogP contribution in [-0.2, 0) is 4.79 Å². The molecule has 0 saturated carbocycles. The van der Waals surface area contributed by atoms with Crippen LogP contribution in [0.2, 0.25) is 10.0 Å². The summed E-state index contributed by atoms with van der Waals surface area (Å²) in [5, 5.41) is 4.70. The molecule has 25 heavy (non-hydrogen) atoms. The Balaban J connectivity index is 1.78. The first-order chi connectivity index (χ1) is 12.1. The Bertz CT molecular complexity index is 761. The second-order valence-corrected chi connectivity index (χ2v) is 5.67. The van der Waals surface area contributed by atoms with Crippen molar-refractivity contribution < 1.29 is 14.3 Å². The lowest BCUT2D eigenvalue weighted by Gasteiger charge is -2.07. The minimum absolute atomic E-state index is 0.215. The van der Waals surface area contributed by atoms with Crippen LogP contribution in [0, 0.1) is 0 Å². The molecule has 2 aromatic carbocycles. The minimum atomic E-state index is -0.409. The van der Waals surface area contributed by atoms with Crippen LogP contribution in [0.3, 0.4) is 0 Å². The topological polar surface area (TPSA) is 59.9 Å². The molecule has 5 nitrogen and oxygen atoms in total. The highest BCUT2D eigenvalue weighted by Crippen LogP contribution is 2.27. The number of rotatable bonds is 8. The van der Waals surface area contributed by atoms with E-state index in [-0.39, 0.29) is 6.61 Å². The van der Waals surface area contributed by atoms with Crippen molar-refractivity contribution in [2.75, 3.05) is 13.2 Å². The summed E-state index contributed by atoms with van der Waals surface area (Å²) in [4.78, 5) is 11.7. The molecule has 1 amide bonds. The summed E-state index contributed by atoms with van der Waals surface area (Å²) in [6, 6.07) is 12.0. The lowest BCUT2D eigenvalue weighted by Crippen LogP contribution is -2.24. The van der Waals surface area contributed by atoms with Crippen molar-refractivity contribution in [1.82, 2.24) is 5.43 Å². The largest absolute Gasteiger partial charge is 0.490 e. The van der Waals surface area contributed by atoms with Crippen molar-refractivity contribution in [2.24, 2.45) is 5.10 Å². The number of nitrogens with zero attached hydrogens (tertiary/aromatic N) is 1. The third-order valence-electron chi connectivity index (χ3n) is 2.90. The molecule has 0 radical (unpaired) electrons. The highest BCUT2D eigenvalue weighted by Gasteiger charge is 2.05. The quantitative estimate of drug-likeness (QED) is 0.427. The molecule has 0 aliphatic heterocycles. The van der Waals surface area contributed by atoms with E-state index in [1.807, 2.05) is 12.1 Å². The highest BCUT2D eigenvalue weighted by atomic mass is 35.5. The predicted molar refractivity (Wildman–Crippen MR) is 99.8 cm³/mol. The van der Waals surface area contributed by atoms with Gasteiger partial charge in [0.2, 0.25) is 0 Å². The molecule has 0 heterocycles. The van der Waals surface area contributed by atoms with Gasteiger partial charge in [-0.25, -0.2) is 5.43 Å². The van der Waals surface area contributed by atoms with Gasteiger partial charge < -0.3 is 9.47 Å². The molecule has 0 aromatic heterocycles. The number of amides is 1. The monoisotopic (exact) mass is 378 g/mol. The van der Waals surface area contributed by atoms with Crippen molar-refractivity contribution in [1.29, 1.82) is 0 Å². The van der Waals surface area contributed by atoms with E-state index in [0.29, 0.717) is 22.4 Å². The van der Waals surface area contributed by atoms with E-state index in [0.717, 1.165) is 11.3 Å². The van der Waals surface area contributed by atoms with Gasteiger partial charge in [0.1, 0.15) is 18.1 Å². The lowest BCUT2D eigenvalue weighted by molar-refractivity contribution is -0.123. The van der Waals surface area contributed by atoms with Crippen molar-refractivity contribution in [3.05, 3.63) is 70.7 Å². The summed E-state index contributed by atoms with van der Waals surface area (Å²) >= 11 is 11.7.